The number of aryl methyl sites for hydroxylation is 1. The fraction of sp³-hybridized carbons (Fsp3) is 0.381. The number of nitrogens with zero attached hydrogens (tertiary/aromatic N) is 1. The second kappa shape index (κ2) is 8.69. The van der Waals surface area contributed by atoms with Gasteiger partial charge < -0.3 is 10.1 Å². The molecule has 2 aromatic carbocycles. The Hall–Kier alpha value is -1.85. The van der Waals surface area contributed by atoms with Crippen LogP contribution in [0.4, 0.5) is 5.69 Å². The van der Waals surface area contributed by atoms with Crippen LogP contribution in [0.1, 0.15) is 24.0 Å². The number of anilines is 1. The first-order chi connectivity index (χ1) is 12.5. The minimum Gasteiger partial charge on any atom is -0.497 e. The predicted octanol–water partition coefficient (Wildman–Crippen LogP) is 4.62. The van der Waals surface area contributed by atoms with E-state index in [1.165, 1.54) is 5.56 Å². The van der Waals surface area contributed by atoms with Crippen LogP contribution in [0, 0.1) is 12.8 Å². The van der Waals surface area contributed by atoms with E-state index in [-0.39, 0.29) is 11.8 Å². The molecule has 138 valence electrons. The third kappa shape index (κ3) is 4.86. The Morgan fingerprint density at radius 3 is 2.69 bits per heavy atom. The normalized spacial score (nSPS) is 15.7. The molecular weight excluding hydrogens is 392 g/mol. The number of rotatable bonds is 5. The van der Waals surface area contributed by atoms with E-state index in [4.69, 9.17) is 4.74 Å². The zero-order valence-electron chi connectivity index (χ0n) is 15.3. The first-order valence-electron chi connectivity index (χ1n) is 8.97. The van der Waals surface area contributed by atoms with Gasteiger partial charge in [0.05, 0.1) is 7.11 Å². The maximum atomic E-state index is 12.6. The van der Waals surface area contributed by atoms with Gasteiger partial charge >= 0.3 is 0 Å². The van der Waals surface area contributed by atoms with Crippen molar-refractivity contribution in [3.05, 3.63) is 58.1 Å². The van der Waals surface area contributed by atoms with Crippen LogP contribution in [0.3, 0.4) is 0 Å². The number of nitrogens with one attached hydrogen (secondary N) is 1. The number of amides is 1. The standard InChI is InChI=1S/C21H25BrN2O2/c1-15-12-18(6-7-20(15)22)23-21(25)17-8-10-24(11-9-17)14-16-4-3-5-19(13-16)26-2/h3-7,12-13,17H,8-11,14H2,1-2H3,(H,23,25). The van der Waals surface area contributed by atoms with E-state index in [0.29, 0.717) is 0 Å². The molecule has 0 unspecified atom stereocenters. The Morgan fingerprint density at radius 1 is 1.23 bits per heavy atom. The molecule has 1 aliphatic rings. The molecule has 0 aromatic heterocycles. The lowest BCUT2D eigenvalue weighted by atomic mass is 9.95. The molecule has 5 heteroatoms. The van der Waals surface area contributed by atoms with Gasteiger partial charge in [0.1, 0.15) is 5.75 Å². The van der Waals surface area contributed by atoms with E-state index in [1.807, 2.05) is 37.3 Å². The molecule has 0 spiro atoms. The summed E-state index contributed by atoms with van der Waals surface area (Å²) in [5, 5.41) is 3.06. The summed E-state index contributed by atoms with van der Waals surface area (Å²) in [5.74, 6) is 1.11. The van der Waals surface area contributed by atoms with Gasteiger partial charge in [-0.3, -0.25) is 9.69 Å². The average Bonchev–Trinajstić information content (AvgIpc) is 2.65. The van der Waals surface area contributed by atoms with Crippen molar-refractivity contribution in [1.29, 1.82) is 0 Å². The maximum Gasteiger partial charge on any atom is 0.227 e. The van der Waals surface area contributed by atoms with Crippen LogP contribution in [-0.4, -0.2) is 31.0 Å². The molecule has 1 saturated heterocycles. The number of piperidine rings is 1. The molecule has 1 aliphatic heterocycles. The van der Waals surface area contributed by atoms with E-state index in [9.17, 15) is 4.79 Å². The second-order valence-electron chi connectivity index (χ2n) is 6.86. The van der Waals surface area contributed by atoms with Crippen LogP contribution in [0.25, 0.3) is 0 Å². The molecule has 1 fully saturated rings. The number of hydrogen-bond acceptors (Lipinski definition) is 3. The molecule has 4 nitrogen and oxygen atoms in total. The lowest BCUT2D eigenvalue weighted by Crippen LogP contribution is -2.37. The van der Waals surface area contributed by atoms with Gasteiger partial charge in [0, 0.05) is 22.6 Å². The fourth-order valence-electron chi connectivity index (χ4n) is 3.35. The minimum absolute atomic E-state index is 0.0838. The zero-order valence-corrected chi connectivity index (χ0v) is 16.9. The highest BCUT2D eigenvalue weighted by Crippen LogP contribution is 2.24. The number of carbonyl (C=O) groups is 1. The third-order valence-electron chi connectivity index (χ3n) is 4.92. The van der Waals surface area contributed by atoms with Crippen LogP contribution in [0.2, 0.25) is 0 Å². The SMILES string of the molecule is COc1cccc(CN2CCC(C(=O)Nc3ccc(Br)c(C)c3)CC2)c1. The summed E-state index contributed by atoms with van der Waals surface area (Å²) in [5.41, 5.74) is 3.24. The summed E-state index contributed by atoms with van der Waals surface area (Å²) in [6, 6.07) is 14.1. The molecule has 0 atom stereocenters. The Bertz CT molecular complexity index is 770. The summed E-state index contributed by atoms with van der Waals surface area (Å²) in [7, 11) is 1.69. The summed E-state index contributed by atoms with van der Waals surface area (Å²) in [6.07, 6.45) is 1.79. The zero-order chi connectivity index (χ0) is 18.5. The number of methoxy groups -OCH3 is 1. The monoisotopic (exact) mass is 416 g/mol. The van der Waals surface area contributed by atoms with Crippen molar-refractivity contribution >= 4 is 27.5 Å². The minimum atomic E-state index is 0.0838. The third-order valence-corrected chi connectivity index (χ3v) is 5.81. The van der Waals surface area contributed by atoms with Gasteiger partial charge in [-0.15, -0.1) is 0 Å². The first-order valence-corrected chi connectivity index (χ1v) is 9.77. The van der Waals surface area contributed by atoms with Crippen molar-refractivity contribution in [1.82, 2.24) is 4.90 Å². The first kappa shape index (κ1) is 18.9. The average molecular weight is 417 g/mol. The smallest absolute Gasteiger partial charge is 0.227 e. The van der Waals surface area contributed by atoms with Crippen molar-refractivity contribution in [2.75, 3.05) is 25.5 Å². The molecule has 1 amide bonds. The van der Waals surface area contributed by atoms with Gasteiger partial charge in [-0.1, -0.05) is 28.1 Å². The molecule has 3 rings (SSSR count). The molecule has 0 aliphatic carbocycles. The van der Waals surface area contributed by atoms with Crippen LogP contribution in [-0.2, 0) is 11.3 Å². The number of carbonyl (C=O) groups excluding carboxylic acids is 1. The summed E-state index contributed by atoms with van der Waals surface area (Å²) < 4.78 is 6.35. The van der Waals surface area contributed by atoms with Crippen molar-refractivity contribution in [2.24, 2.45) is 5.92 Å². The summed E-state index contributed by atoms with van der Waals surface area (Å²) in [4.78, 5) is 15.0. The van der Waals surface area contributed by atoms with Gasteiger partial charge in [-0.05, 0) is 74.3 Å². The molecule has 0 saturated carbocycles. The van der Waals surface area contributed by atoms with Crippen LogP contribution in [0.5, 0.6) is 5.75 Å². The van der Waals surface area contributed by atoms with Crippen LogP contribution in [0.15, 0.2) is 46.9 Å². The van der Waals surface area contributed by atoms with Gasteiger partial charge in [0.25, 0.3) is 0 Å². The molecule has 1 N–H and O–H groups in total. The number of ether oxygens (including phenoxy) is 1. The predicted molar refractivity (Wildman–Crippen MR) is 109 cm³/mol. The molecule has 0 bridgehead atoms. The summed E-state index contributed by atoms with van der Waals surface area (Å²) in [6.45, 7) is 4.80. The Labute approximate surface area is 163 Å². The van der Waals surface area contributed by atoms with E-state index in [0.717, 1.165) is 53.9 Å². The molecule has 1 heterocycles. The van der Waals surface area contributed by atoms with Crippen LogP contribution < -0.4 is 10.1 Å². The molecule has 0 radical (unpaired) electrons. The molecule has 26 heavy (non-hydrogen) atoms. The Balaban J connectivity index is 1.51. The van der Waals surface area contributed by atoms with Gasteiger partial charge in [-0.2, -0.15) is 0 Å². The van der Waals surface area contributed by atoms with E-state index in [1.54, 1.807) is 7.11 Å². The van der Waals surface area contributed by atoms with E-state index in [2.05, 4.69) is 38.3 Å². The highest BCUT2D eigenvalue weighted by Gasteiger charge is 2.25. The highest BCUT2D eigenvalue weighted by atomic mass is 79.9. The lowest BCUT2D eigenvalue weighted by molar-refractivity contribution is -0.121. The number of likely N-dealkylation sites (tertiary alicyclic amines) is 1. The number of hydrogen-bond donors (Lipinski definition) is 1. The molecular formula is C21H25BrN2O2. The van der Waals surface area contributed by atoms with E-state index < -0.39 is 0 Å². The second-order valence-corrected chi connectivity index (χ2v) is 7.71. The van der Waals surface area contributed by atoms with Crippen molar-refractivity contribution in [3.8, 4) is 5.75 Å². The van der Waals surface area contributed by atoms with E-state index >= 15 is 0 Å². The quantitative estimate of drug-likeness (QED) is 0.772. The van der Waals surface area contributed by atoms with Crippen molar-refractivity contribution < 1.29 is 9.53 Å². The van der Waals surface area contributed by atoms with Gasteiger partial charge in [0.2, 0.25) is 5.91 Å². The highest BCUT2D eigenvalue weighted by molar-refractivity contribution is 9.10. The van der Waals surface area contributed by atoms with Gasteiger partial charge in [0.15, 0.2) is 0 Å². The number of halogens is 1. The summed E-state index contributed by atoms with van der Waals surface area (Å²) >= 11 is 3.49. The maximum absolute atomic E-state index is 12.6. The largest absolute Gasteiger partial charge is 0.497 e. The Kier molecular flexibility index (Phi) is 6.33. The topological polar surface area (TPSA) is 41.6 Å². The van der Waals surface area contributed by atoms with Crippen LogP contribution >= 0.6 is 15.9 Å². The fourth-order valence-corrected chi connectivity index (χ4v) is 3.60. The lowest BCUT2D eigenvalue weighted by Gasteiger charge is -2.31. The Morgan fingerprint density at radius 2 is 2.00 bits per heavy atom. The van der Waals surface area contributed by atoms with Crippen molar-refractivity contribution in [3.63, 3.8) is 0 Å². The van der Waals surface area contributed by atoms with Crippen molar-refractivity contribution in [2.45, 2.75) is 26.3 Å². The van der Waals surface area contributed by atoms with Gasteiger partial charge in [-0.25, -0.2) is 0 Å². The number of benzene rings is 2. The molecule has 2 aromatic rings.